The van der Waals surface area contributed by atoms with Crippen molar-refractivity contribution in [3.05, 3.63) is 41.3 Å². The molecule has 2 aromatic heterocycles. The molecule has 8 heteroatoms. The number of hydrogen-bond acceptors (Lipinski definition) is 6. The van der Waals surface area contributed by atoms with Crippen LogP contribution in [0.25, 0.3) is 16.9 Å². The Kier molecular flexibility index (Phi) is 4.62. The highest BCUT2D eigenvalue weighted by molar-refractivity contribution is 5.82. The number of aryl methyl sites for hydroxylation is 1. The number of nitrogen functional groups attached to an aromatic ring is 1. The Labute approximate surface area is 156 Å². The number of piperazine rings is 1. The average molecular weight is 362 g/mol. The Hall–Kier alpha value is -3.15. The number of imidazole rings is 1. The molecule has 1 fully saturated rings. The van der Waals surface area contributed by atoms with Gasteiger partial charge in [-0.25, -0.2) is 4.98 Å². The molecule has 3 heterocycles. The summed E-state index contributed by atoms with van der Waals surface area (Å²) in [6.07, 6.45) is 1.56. The molecule has 3 aromatic rings. The summed E-state index contributed by atoms with van der Waals surface area (Å²) in [7, 11) is 0. The molecule has 4 rings (SSSR count). The van der Waals surface area contributed by atoms with E-state index in [-0.39, 0.29) is 11.4 Å². The van der Waals surface area contributed by atoms with Crippen molar-refractivity contribution < 1.29 is 0 Å². The van der Waals surface area contributed by atoms with Crippen LogP contribution in [0.4, 0.5) is 5.82 Å². The summed E-state index contributed by atoms with van der Waals surface area (Å²) in [6.45, 7) is 6.92. The number of hydrogen-bond donors (Lipinski definition) is 4. The van der Waals surface area contributed by atoms with Crippen LogP contribution >= 0.6 is 0 Å². The summed E-state index contributed by atoms with van der Waals surface area (Å²) in [5, 5.41) is 11.6. The molecule has 0 spiro atoms. The Bertz CT molecular complexity index is 1090. The van der Waals surface area contributed by atoms with Gasteiger partial charge in [-0.15, -0.1) is 0 Å². The largest absolute Gasteiger partial charge is 0.382 e. The van der Waals surface area contributed by atoms with Gasteiger partial charge in [-0.05, 0) is 30.7 Å². The molecule has 1 aliphatic heterocycles. The van der Waals surface area contributed by atoms with Crippen LogP contribution in [0.5, 0.6) is 0 Å². The lowest BCUT2D eigenvalue weighted by atomic mass is 10.1. The van der Waals surface area contributed by atoms with Gasteiger partial charge in [0.2, 0.25) is 5.62 Å². The molecule has 0 aliphatic carbocycles. The fourth-order valence-electron chi connectivity index (χ4n) is 3.30. The maximum absolute atomic E-state index is 8.22. The third-order valence-corrected chi connectivity index (χ3v) is 4.71. The smallest absolute Gasteiger partial charge is 0.230 e. The lowest BCUT2D eigenvalue weighted by Gasteiger charge is -2.24. The molecule has 1 saturated heterocycles. The molecule has 1 aliphatic rings. The van der Waals surface area contributed by atoms with Crippen molar-refractivity contribution in [1.29, 1.82) is 5.41 Å². The molecule has 138 valence electrons. The molecule has 0 bridgehead atoms. The summed E-state index contributed by atoms with van der Waals surface area (Å²) < 4.78 is 1.69. The first kappa shape index (κ1) is 17.3. The number of benzene rings is 1. The number of nitrogens with two attached hydrogens (primary N) is 1. The number of rotatable bonds is 2. The van der Waals surface area contributed by atoms with Crippen LogP contribution in [0.2, 0.25) is 0 Å². The molecule has 5 N–H and O–H groups in total. The van der Waals surface area contributed by atoms with Gasteiger partial charge >= 0.3 is 0 Å². The van der Waals surface area contributed by atoms with Crippen molar-refractivity contribution in [3.8, 4) is 17.5 Å². The van der Waals surface area contributed by atoms with E-state index in [2.05, 4.69) is 37.0 Å². The lowest BCUT2D eigenvalue weighted by molar-refractivity contribution is 0.268. The number of aromatic nitrogens is 4. The first-order valence-corrected chi connectivity index (χ1v) is 8.92. The molecule has 0 amide bonds. The van der Waals surface area contributed by atoms with Crippen molar-refractivity contribution in [2.24, 2.45) is 0 Å². The van der Waals surface area contributed by atoms with Gasteiger partial charge in [0.15, 0.2) is 11.5 Å². The van der Waals surface area contributed by atoms with Gasteiger partial charge in [0.05, 0.1) is 18.6 Å². The van der Waals surface area contributed by atoms with E-state index in [4.69, 9.17) is 11.1 Å². The predicted molar refractivity (Wildman–Crippen MR) is 104 cm³/mol. The van der Waals surface area contributed by atoms with E-state index in [1.165, 1.54) is 0 Å². The normalized spacial score (nSPS) is 14.9. The van der Waals surface area contributed by atoms with Crippen LogP contribution in [0, 0.1) is 24.2 Å². The highest BCUT2D eigenvalue weighted by Gasteiger charge is 2.12. The van der Waals surface area contributed by atoms with Crippen LogP contribution in [0.1, 0.15) is 11.1 Å². The van der Waals surface area contributed by atoms with E-state index in [0.29, 0.717) is 11.2 Å². The highest BCUT2D eigenvalue weighted by atomic mass is 15.2. The van der Waals surface area contributed by atoms with Crippen LogP contribution in [0.3, 0.4) is 0 Å². The minimum Gasteiger partial charge on any atom is -0.382 e. The molecule has 27 heavy (non-hydrogen) atoms. The van der Waals surface area contributed by atoms with E-state index >= 15 is 0 Å². The van der Waals surface area contributed by atoms with E-state index < -0.39 is 0 Å². The summed E-state index contributed by atoms with van der Waals surface area (Å²) in [6, 6.07) is 5.95. The Morgan fingerprint density at radius 2 is 2.11 bits per heavy atom. The Morgan fingerprint density at radius 3 is 2.89 bits per heavy atom. The van der Waals surface area contributed by atoms with Crippen molar-refractivity contribution in [3.63, 3.8) is 0 Å². The molecular weight excluding hydrogens is 340 g/mol. The zero-order valence-electron chi connectivity index (χ0n) is 15.2. The second kappa shape index (κ2) is 7.23. The van der Waals surface area contributed by atoms with E-state index in [1.54, 1.807) is 10.9 Å². The van der Waals surface area contributed by atoms with Gasteiger partial charge in [0.1, 0.15) is 5.52 Å². The lowest BCUT2D eigenvalue weighted by Crippen LogP contribution is -2.43. The predicted octanol–water partition coefficient (Wildman–Crippen LogP) is 0.375. The molecule has 0 unspecified atom stereocenters. The fourth-order valence-corrected chi connectivity index (χ4v) is 3.30. The van der Waals surface area contributed by atoms with E-state index in [1.807, 2.05) is 25.1 Å². The fraction of sp³-hybridized carbons (Fsp3) is 0.316. The summed E-state index contributed by atoms with van der Waals surface area (Å²) in [5.41, 5.74) is 9.96. The SMILES string of the molecule is Cc1cc(C#CCN2CCNCC2)ccc1-n1c(=N)nc(N)c2[nH]cnc21. The third kappa shape index (κ3) is 3.43. The van der Waals surface area contributed by atoms with Crippen molar-refractivity contribution in [1.82, 2.24) is 29.7 Å². The number of H-pyrrole nitrogens is 1. The van der Waals surface area contributed by atoms with Crippen LogP contribution in [-0.4, -0.2) is 57.1 Å². The zero-order valence-corrected chi connectivity index (χ0v) is 15.2. The zero-order chi connectivity index (χ0) is 18.8. The van der Waals surface area contributed by atoms with Crippen molar-refractivity contribution in [2.45, 2.75) is 6.92 Å². The maximum atomic E-state index is 8.22. The maximum Gasteiger partial charge on any atom is 0.230 e. The van der Waals surface area contributed by atoms with Gasteiger partial charge < -0.3 is 16.0 Å². The van der Waals surface area contributed by atoms with Crippen LogP contribution in [-0.2, 0) is 0 Å². The monoisotopic (exact) mass is 362 g/mol. The van der Waals surface area contributed by atoms with E-state index in [9.17, 15) is 0 Å². The molecule has 1 aromatic carbocycles. The number of nitrogens with one attached hydrogen (secondary N) is 3. The summed E-state index contributed by atoms with van der Waals surface area (Å²) >= 11 is 0. The Balaban J connectivity index is 1.63. The van der Waals surface area contributed by atoms with Crippen molar-refractivity contribution in [2.75, 3.05) is 38.5 Å². The summed E-state index contributed by atoms with van der Waals surface area (Å²) in [4.78, 5) is 13.8. The molecule has 0 saturated carbocycles. The summed E-state index contributed by atoms with van der Waals surface area (Å²) in [5.74, 6) is 6.78. The number of nitrogens with zero attached hydrogens (tertiary/aromatic N) is 4. The number of anilines is 1. The second-order valence-electron chi connectivity index (χ2n) is 6.59. The quantitative estimate of drug-likeness (QED) is 0.492. The molecule has 0 radical (unpaired) electrons. The second-order valence-corrected chi connectivity index (χ2v) is 6.59. The molecule has 8 nitrogen and oxygen atoms in total. The highest BCUT2D eigenvalue weighted by Crippen LogP contribution is 2.19. The minimum atomic E-state index is 0.0488. The van der Waals surface area contributed by atoms with Gasteiger partial charge in [-0.1, -0.05) is 11.8 Å². The van der Waals surface area contributed by atoms with Crippen LogP contribution in [0.15, 0.2) is 24.5 Å². The molecular formula is C19H22N8. The van der Waals surface area contributed by atoms with Gasteiger partial charge in [0.25, 0.3) is 0 Å². The first-order valence-electron chi connectivity index (χ1n) is 8.92. The van der Waals surface area contributed by atoms with Gasteiger partial charge in [-0.2, -0.15) is 4.98 Å². The number of fused-ring (bicyclic) bond motifs is 1. The first-order chi connectivity index (χ1) is 13.1. The topological polar surface area (TPSA) is 112 Å². The van der Waals surface area contributed by atoms with Gasteiger partial charge in [0, 0.05) is 31.7 Å². The minimum absolute atomic E-state index is 0.0488. The average Bonchev–Trinajstić information content (AvgIpc) is 3.14. The van der Waals surface area contributed by atoms with Gasteiger partial charge in [-0.3, -0.25) is 14.9 Å². The van der Waals surface area contributed by atoms with E-state index in [0.717, 1.165) is 49.5 Å². The Morgan fingerprint density at radius 1 is 1.30 bits per heavy atom. The molecule has 0 atom stereocenters. The van der Waals surface area contributed by atoms with Crippen molar-refractivity contribution >= 4 is 17.0 Å². The third-order valence-electron chi connectivity index (χ3n) is 4.71. The van der Waals surface area contributed by atoms with Crippen LogP contribution < -0.4 is 16.7 Å². The standard InChI is InChI=1S/C19H22N8/c1-13-11-14(3-2-8-26-9-6-22-7-10-26)4-5-15(13)27-18-16(23-12-24-18)17(20)25-19(27)21/h4-5,11-12,22H,6-10H2,1H3,(H,23,24)(H3,20,21,25). The number of aromatic amines is 1.